The Balaban J connectivity index is 1.19. The summed E-state index contributed by atoms with van der Waals surface area (Å²) in [5, 5.41) is 2.81. The third-order valence-electron chi connectivity index (χ3n) is 7.16. The van der Waals surface area contributed by atoms with Crippen LogP contribution in [-0.4, -0.2) is 89.7 Å². The Kier molecular flexibility index (Phi) is 8.77. The number of hydrogen-bond donors (Lipinski definition) is 2. The predicted octanol–water partition coefficient (Wildman–Crippen LogP) is 3.19. The fourth-order valence-corrected chi connectivity index (χ4v) is 5.94. The zero-order chi connectivity index (χ0) is 27.1. The van der Waals surface area contributed by atoms with E-state index in [0.29, 0.717) is 16.9 Å². The van der Waals surface area contributed by atoms with Crippen LogP contribution >= 0.6 is 0 Å². The van der Waals surface area contributed by atoms with E-state index in [9.17, 15) is 13.2 Å². The SMILES string of the molecule is O=C(Nc1ccccc1)c1ccc(S(=O)(=O)Nc2ccccc2N2CCN(CCN3CCOCC3)CC2)cc1. The molecule has 2 saturated heterocycles. The number of hydrogen-bond acceptors (Lipinski definition) is 7. The summed E-state index contributed by atoms with van der Waals surface area (Å²) in [4.78, 5) is 19.8. The summed E-state index contributed by atoms with van der Waals surface area (Å²) in [6, 6.07) is 22.6. The molecule has 9 nitrogen and oxygen atoms in total. The first-order valence-corrected chi connectivity index (χ1v) is 14.8. The monoisotopic (exact) mass is 549 g/mol. The molecule has 0 unspecified atom stereocenters. The van der Waals surface area contributed by atoms with E-state index in [0.717, 1.165) is 71.3 Å². The number of nitrogens with one attached hydrogen (secondary N) is 2. The Morgan fingerprint density at radius 1 is 0.744 bits per heavy atom. The van der Waals surface area contributed by atoms with Gasteiger partial charge in [0.2, 0.25) is 0 Å². The minimum Gasteiger partial charge on any atom is -0.379 e. The summed E-state index contributed by atoms with van der Waals surface area (Å²) in [7, 11) is -3.84. The zero-order valence-electron chi connectivity index (χ0n) is 22.0. The predicted molar refractivity (Wildman–Crippen MR) is 154 cm³/mol. The van der Waals surface area contributed by atoms with Crippen LogP contribution < -0.4 is 14.9 Å². The standard InChI is InChI=1S/C29H35N5O4S/c35-29(30-25-6-2-1-3-7-25)24-10-12-26(13-11-24)39(36,37)31-27-8-4-5-9-28(27)34-18-16-32(17-19-34)14-15-33-20-22-38-23-21-33/h1-13,31H,14-23H2,(H,30,35). The maximum atomic E-state index is 13.2. The lowest BCUT2D eigenvalue weighted by atomic mass is 10.2. The summed E-state index contributed by atoms with van der Waals surface area (Å²) in [5.41, 5.74) is 2.47. The van der Waals surface area contributed by atoms with Crippen molar-refractivity contribution in [1.29, 1.82) is 0 Å². The van der Waals surface area contributed by atoms with Gasteiger partial charge in [-0.3, -0.25) is 19.3 Å². The van der Waals surface area contributed by atoms with Crippen molar-refractivity contribution < 1.29 is 17.9 Å². The number of benzene rings is 3. The second-order valence-corrected chi connectivity index (χ2v) is 11.4. The molecule has 2 aliphatic heterocycles. The van der Waals surface area contributed by atoms with Gasteiger partial charge in [-0.2, -0.15) is 0 Å². The quantitative estimate of drug-likeness (QED) is 0.423. The number of carbonyl (C=O) groups excluding carboxylic acids is 1. The number of ether oxygens (including phenoxy) is 1. The number of morpholine rings is 1. The first-order valence-electron chi connectivity index (χ1n) is 13.3. The molecular weight excluding hydrogens is 514 g/mol. The lowest BCUT2D eigenvalue weighted by molar-refractivity contribution is 0.0331. The van der Waals surface area contributed by atoms with E-state index in [-0.39, 0.29) is 10.8 Å². The van der Waals surface area contributed by atoms with Crippen molar-refractivity contribution in [1.82, 2.24) is 9.80 Å². The number of para-hydroxylation sites is 3. The van der Waals surface area contributed by atoms with E-state index in [4.69, 9.17) is 4.74 Å². The number of amides is 1. The van der Waals surface area contributed by atoms with Gasteiger partial charge in [-0.25, -0.2) is 8.42 Å². The Bertz CT molecular complexity index is 1340. The number of nitrogens with zero attached hydrogens (tertiary/aromatic N) is 3. The largest absolute Gasteiger partial charge is 0.379 e. The first kappa shape index (κ1) is 27.1. The van der Waals surface area contributed by atoms with Crippen molar-refractivity contribution in [2.24, 2.45) is 0 Å². The van der Waals surface area contributed by atoms with Crippen LogP contribution in [0.1, 0.15) is 10.4 Å². The molecule has 2 fully saturated rings. The summed E-state index contributed by atoms with van der Waals surface area (Å²) in [5.74, 6) is -0.299. The number of rotatable bonds is 9. The first-order chi connectivity index (χ1) is 19.0. The van der Waals surface area contributed by atoms with Crippen LogP contribution in [0.4, 0.5) is 17.1 Å². The van der Waals surface area contributed by atoms with Crippen LogP contribution in [0.3, 0.4) is 0 Å². The molecule has 206 valence electrons. The van der Waals surface area contributed by atoms with E-state index >= 15 is 0 Å². The molecule has 3 aromatic carbocycles. The van der Waals surface area contributed by atoms with Crippen LogP contribution in [0.2, 0.25) is 0 Å². The average Bonchev–Trinajstić information content (AvgIpc) is 2.98. The number of anilines is 3. The van der Waals surface area contributed by atoms with Gasteiger partial charge in [0.25, 0.3) is 15.9 Å². The van der Waals surface area contributed by atoms with Gasteiger partial charge in [0.15, 0.2) is 0 Å². The molecule has 3 aromatic rings. The molecule has 2 N–H and O–H groups in total. The molecule has 2 aliphatic rings. The van der Waals surface area contributed by atoms with Crippen molar-refractivity contribution in [3.8, 4) is 0 Å². The highest BCUT2D eigenvalue weighted by Gasteiger charge is 2.23. The molecule has 0 saturated carbocycles. The van der Waals surface area contributed by atoms with E-state index in [1.165, 1.54) is 24.3 Å². The van der Waals surface area contributed by atoms with Gasteiger partial charge < -0.3 is 15.0 Å². The second-order valence-electron chi connectivity index (χ2n) is 9.75. The third kappa shape index (κ3) is 7.15. The summed E-state index contributed by atoms with van der Waals surface area (Å²) in [6.45, 7) is 9.21. The highest BCUT2D eigenvalue weighted by molar-refractivity contribution is 7.92. The van der Waals surface area contributed by atoms with Crippen LogP contribution in [0.5, 0.6) is 0 Å². The molecule has 39 heavy (non-hydrogen) atoms. The van der Waals surface area contributed by atoms with Crippen molar-refractivity contribution in [2.45, 2.75) is 4.90 Å². The van der Waals surface area contributed by atoms with Crippen LogP contribution in [-0.2, 0) is 14.8 Å². The van der Waals surface area contributed by atoms with Gasteiger partial charge in [-0.15, -0.1) is 0 Å². The van der Waals surface area contributed by atoms with Crippen LogP contribution in [0.15, 0.2) is 83.8 Å². The van der Waals surface area contributed by atoms with Gasteiger partial charge in [-0.1, -0.05) is 30.3 Å². The van der Waals surface area contributed by atoms with Gasteiger partial charge in [0, 0.05) is 63.6 Å². The van der Waals surface area contributed by atoms with Gasteiger partial charge in [0.1, 0.15) is 0 Å². The minimum absolute atomic E-state index is 0.0986. The van der Waals surface area contributed by atoms with Gasteiger partial charge in [0.05, 0.1) is 29.5 Å². The smallest absolute Gasteiger partial charge is 0.261 e. The lowest BCUT2D eigenvalue weighted by Gasteiger charge is -2.38. The van der Waals surface area contributed by atoms with Crippen molar-refractivity contribution in [2.75, 3.05) is 80.5 Å². The molecule has 5 rings (SSSR count). The molecule has 10 heteroatoms. The molecule has 0 aromatic heterocycles. The topological polar surface area (TPSA) is 94.2 Å². The number of piperazine rings is 1. The maximum absolute atomic E-state index is 13.2. The van der Waals surface area contributed by atoms with Crippen molar-refractivity contribution in [3.63, 3.8) is 0 Å². The fraction of sp³-hybridized carbons (Fsp3) is 0.345. The molecule has 1 amide bonds. The third-order valence-corrected chi connectivity index (χ3v) is 8.54. The van der Waals surface area contributed by atoms with Crippen LogP contribution in [0.25, 0.3) is 0 Å². The molecule has 0 bridgehead atoms. The van der Waals surface area contributed by atoms with Crippen LogP contribution in [0, 0.1) is 0 Å². The molecule has 0 radical (unpaired) electrons. The Hall–Kier alpha value is -3.44. The highest BCUT2D eigenvalue weighted by atomic mass is 32.2. The average molecular weight is 550 g/mol. The van der Waals surface area contributed by atoms with E-state index in [1.54, 1.807) is 18.2 Å². The van der Waals surface area contributed by atoms with Gasteiger partial charge in [-0.05, 0) is 48.5 Å². The normalized spacial score (nSPS) is 17.1. The van der Waals surface area contributed by atoms with E-state index < -0.39 is 10.0 Å². The summed E-state index contributed by atoms with van der Waals surface area (Å²) in [6.07, 6.45) is 0. The lowest BCUT2D eigenvalue weighted by Crippen LogP contribution is -2.49. The maximum Gasteiger partial charge on any atom is 0.261 e. The molecule has 0 aliphatic carbocycles. The molecule has 0 atom stereocenters. The summed E-state index contributed by atoms with van der Waals surface area (Å²) >= 11 is 0. The van der Waals surface area contributed by atoms with Crippen molar-refractivity contribution in [3.05, 3.63) is 84.4 Å². The Morgan fingerprint density at radius 2 is 1.36 bits per heavy atom. The molecular formula is C29H35N5O4S. The summed E-state index contributed by atoms with van der Waals surface area (Å²) < 4.78 is 34.7. The number of carbonyl (C=O) groups is 1. The Morgan fingerprint density at radius 3 is 2.05 bits per heavy atom. The Labute approximate surface area is 230 Å². The number of sulfonamides is 1. The molecule has 0 spiro atoms. The minimum atomic E-state index is -3.84. The fourth-order valence-electron chi connectivity index (χ4n) is 4.87. The highest BCUT2D eigenvalue weighted by Crippen LogP contribution is 2.29. The van der Waals surface area contributed by atoms with E-state index in [2.05, 4.69) is 24.7 Å². The van der Waals surface area contributed by atoms with Crippen molar-refractivity contribution >= 4 is 33.0 Å². The molecule has 2 heterocycles. The second kappa shape index (κ2) is 12.6. The van der Waals surface area contributed by atoms with E-state index in [1.807, 2.05) is 36.4 Å². The van der Waals surface area contributed by atoms with Gasteiger partial charge >= 0.3 is 0 Å². The zero-order valence-corrected chi connectivity index (χ0v) is 22.8.